The Morgan fingerprint density at radius 1 is 1.06 bits per heavy atom. The average molecular weight is 496 g/mol. The smallest absolute Gasteiger partial charge is 0.224 e. The zero-order valence-corrected chi connectivity index (χ0v) is 21.0. The number of nitrogens with zero attached hydrogens (tertiary/aromatic N) is 2. The van der Waals surface area contributed by atoms with Crippen LogP contribution in [0.1, 0.15) is 35.5 Å². The lowest BCUT2D eigenvalue weighted by Gasteiger charge is -2.17. The van der Waals surface area contributed by atoms with E-state index in [1.807, 2.05) is 69.3 Å². The van der Waals surface area contributed by atoms with Crippen LogP contribution in [0.5, 0.6) is 5.75 Å². The number of para-hydroxylation sites is 2. The van der Waals surface area contributed by atoms with Gasteiger partial charge in [-0.3, -0.25) is 4.79 Å². The summed E-state index contributed by atoms with van der Waals surface area (Å²) in [5, 5.41) is 4.49. The zero-order valence-electron chi connectivity index (χ0n) is 19.4. The van der Waals surface area contributed by atoms with Gasteiger partial charge < -0.3 is 14.6 Å². The Morgan fingerprint density at radius 3 is 2.44 bits per heavy atom. The van der Waals surface area contributed by atoms with Crippen molar-refractivity contribution in [2.45, 2.75) is 39.8 Å². The van der Waals surface area contributed by atoms with Gasteiger partial charge in [0.15, 0.2) is 0 Å². The summed E-state index contributed by atoms with van der Waals surface area (Å²) in [4.78, 5) is 17.5. The van der Waals surface area contributed by atoms with E-state index in [9.17, 15) is 4.79 Å². The van der Waals surface area contributed by atoms with Gasteiger partial charge in [-0.2, -0.15) is 0 Å². The molecule has 0 aliphatic rings. The molecule has 4 rings (SSSR count). The van der Waals surface area contributed by atoms with Crippen LogP contribution in [0.4, 0.5) is 0 Å². The van der Waals surface area contributed by atoms with Crippen molar-refractivity contribution in [3.63, 3.8) is 0 Å². The van der Waals surface area contributed by atoms with E-state index in [0.717, 1.165) is 44.3 Å². The van der Waals surface area contributed by atoms with Gasteiger partial charge in [0.25, 0.3) is 0 Å². The van der Waals surface area contributed by atoms with Crippen LogP contribution in [0.25, 0.3) is 11.0 Å². The number of fused-ring (bicyclic) bond motifs is 1. The Labute approximate surface area is 209 Å². The van der Waals surface area contributed by atoms with Crippen molar-refractivity contribution >= 4 is 40.1 Å². The zero-order chi connectivity index (χ0) is 24.2. The summed E-state index contributed by atoms with van der Waals surface area (Å²) in [6, 6.07) is 18.9. The molecule has 1 N–H and O–H groups in total. The number of nitrogens with one attached hydrogen (secondary N) is 1. The highest BCUT2D eigenvalue weighted by atomic mass is 35.5. The molecular weight excluding hydrogens is 469 g/mol. The molecule has 0 saturated heterocycles. The standard InChI is InChI=1S/C27H27Cl2N3O2/c1-17-14-22(15-18(2)26(17)29)34-13-12-32-24-7-5-4-6-23(24)31-27(32)19(3)30-25(33)16-20-8-10-21(28)11-9-20/h4-11,14-15,19H,12-13,16H2,1-3H3,(H,30,33). The van der Waals surface area contributed by atoms with Gasteiger partial charge in [-0.25, -0.2) is 4.98 Å². The number of aryl methyl sites for hydroxylation is 2. The fourth-order valence-corrected chi connectivity index (χ4v) is 4.28. The normalized spacial score (nSPS) is 12.0. The predicted octanol–water partition coefficient (Wildman–Crippen LogP) is 6.46. The second kappa shape index (κ2) is 10.5. The molecule has 0 aliphatic carbocycles. The second-order valence-corrected chi connectivity index (χ2v) is 9.24. The van der Waals surface area contributed by atoms with E-state index in [2.05, 4.69) is 9.88 Å². The molecule has 0 fully saturated rings. The molecule has 1 unspecified atom stereocenters. The molecule has 1 aromatic heterocycles. The molecule has 0 spiro atoms. The molecule has 1 atom stereocenters. The number of imidazole rings is 1. The van der Waals surface area contributed by atoms with E-state index in [-0.39, 0.29) is 18.4 Å². The van der Waals surface area contributed by atoms with Crippen molar-refractivity contribution in [2.75, 3.05) is 6.61 Å². The molecule has 7 heteroatoms. The first kappa shape index (κ1) is 24.1. The largest absolute Gasteiger partial charge is 0.492 e. The Balaban J connectivity index is 1.49. The maximum absolute atomic E-state index is 12.7. The summed E-state index contributed by atoms with van der Waals surface area (Å²) in [5.41, 5.74) is 4.77. The topological polar surface area (TPSA) is 56.1 Å². The SMILES string of the molecule is Cc1cc(OCCn2c(C(C)NC(=O)Cc3ccc(Cl)cc3)nc3ccccc32)cc(C)c1Cl. The van der Waals surface area contributed by atoms with Crippen LogP contribution in [0.2, 0.25) is 10.0 Å². The minimum absolute atomic E-state index is 0.0724. The first-order valence-electron chi connectivity index (χ1n) is 11.2. The van der Waals surface area contributed by atoms with Gasteiger partial charge in [0.2, 0.25) is 5.91 Å². The molecule has 5 nitrogen and oxygen atoms in total. The quantitative estimate of drug-likeness (QED) is 0.305. The number of hydrogen-bond donors (Lipinski definition) is 1. The molecular formula is C27H27Cl2N3O2. The van der Waals surface area contributed by atoms with Gasteiger partial charge >= 0.3 is 0 Å². The number of benzene rings is 3. The number of hydrogen-bond acceptors (Lipinski definition) is 3. The summed E-state index contributed by atoms with van der Waals surface area (Å²) < 4.78 is 8.15. The van der Waals surface area contributed by atoms with Crippen molar-refractivity contribution < 1.29 is 9.53 Å². The van der Waals surface area contributed by atoms with Crippen LogP contribution < -0.4 is 10.1 Å². The van der Waals surface area contributed by atoms with E-state index < -0.39 is 0 Å². The van der Waals surface area contributed by atoms with E-state index in [1.54, 1.807) is 12.1 Å². The van der Waals surface area contributed by atoms with E-state index in [4.69, 9.17) is 32.9 Å². The lowest BCUT2D eigenvalue weighted by molar-refractivity contribution is -0.121. The van der Waals surface area contributed by atoms with Crippen molar-refractivity contribution in [3.8, 4) is 5.75 Å². The van der Waals surface area contributed by atoms with Gasteiger partial charge in [0.05, 0.1) is 30.0 Å². The number of halogens is 2. The molecule has 176 valence electrons. The Bertz CT molecular complexity index is 1290. The highest BCUT2D eigenvalue weighted by Gasteiger charge is 2.19. The fraction of sp³-hybridized carbons (Fsp3) is 0.259. The summed E-state index contributed by atoms with van der Waals surface area (Å²) in [6.45, 7) is 6.94. The predicted molar refractivity (Wildman–Crippen MR) is 138 cm³/mol. The van der Waals surface area contributed by atoms with Crippen LogP contribution in [0, 0.1) is 13.8 Å². The third kappa shape index (κ3) is 5.54. The minimum atomic E-state index is -0.271. The van der Waals surface area contributed by atoms with Crippen LogP contribution in [0.3, 0.4) is 0 Å². The fourth-order valence-electron chi connectivity index (χ4n) is 4.05. The molecule has 34 heavy (non-hydrogen) atoms. The molecule has 1 amide bonds. The molecule has 0 saturated carbocycles. The lowest BCUT2D eigenvalue weighted by atomic mass is 10.1. The van der Waals surface area contributed by atoms with Gasteiger partial charge in [-0.05, 0) is 73.9 Å². The van der Waals surface area contributed by atoms with Crippen LogP contribution in [-0.2, 0) is 17.8 Å². The highest BCUT2D eigenvalue weighted by molar-refractivity contribution is 6.32. The van der Waals surface area contributed by atoms with Crippen LogP contribution in [-0.4, -0.2) is 22.1 Å². The van der Waals surface area contributed by atoms with Gasteiger partial charge in [-0.1, -0.05) is 47.5 Å². The Kier molecular flexibility index (Phi) is 7.44. The summed E-state index contributed by atoms with van der Waals surface area (Å²) >= 11 is 12.2. The maximum atomic E-state index is 12.7. The lowest BCUT2D eigenvalue weighted by Crippen LogP contribution is -2.30. The van der Waals surface area contributed by atoms with E-state index in [0.29, 0.717) is 18.2 Å². The third-order valence-corrected chi connectivity index (χ3v) is 6.57. The van der Waals surface area contributed by atoms with Crippen molar-refractivity contribution in [2.24, 2.45) is 0 Å². The summed E-state index contributed by atoms with van der Waals surface area (Å²) in [7, 11) is 0. The molecule has 1 heterocycles. The van der Waals surface area contributed by atoms with Crippen molar-refractivity contribution in [1.29, 1.82) is 0 Å². The Morgan fingerprint density at radius 2 is 1.74 bits per heavy atom. The third-order valence-electron chi connectivity index (χ3n) is 5.72. The first-order chi connectivity index (χ1) is 16.3. The number of rotatable bonds is 8. The highest BCUT2D eigenvalue weighted by Crippen LogP contribution is 2.26. The minimum Gasteiger partial charge on any atom is -0.492 e. The molecule has 0 bridgehead atoms. The maximum Gasteiger partial charge on any atom is 0.224 e. The van der Waals surface area contributed by atoms with Gasteiger partial charge in [0.1, 0.15) is 18.2 Å². The van der Waals surface area contributed by atoms with Gasteiger partial charge in [0, 0.05) is 10.0 Å². The number of aromatic nitrogens is 2. The number of amides is 1. The Hall–Kier alpha value is -3.02. The number of ether oxygens (including phenoxy) is 1. The molecule has 4 aromatic rings. The van der Waals surface area contributed by atoms with Crippen LogP contribution in [0.15, 0.2) is 60.7 Å². The molecule has 3 aromatic carbocycles. The van der Waals surface area contributed by atoms with Crippen LogP contribution >= 0.6 is 23.2 Å². The van der Waals surface area contributed by atoms with Crippen molar-refractivity contribution in [3.05, 3.63) is 93.2 Å². The summed E-state index contributed by atoms with van der Waals surface area (Å²) in [5.74, 6) is 1.50. The first-order valence-corrected chi connectivity index (χ1v) is 12.0. The van der Waals surface area contributed by atoms with Crippen molar-refractivity contribution in [1.82, 2.24) is 14.9 Å². The molecule has 0 aliphatic heterocycles. The number of carbonyl (C=O) groups is 1. The van der Waals surface area contributed by atoms with E-state index >= 15 is 0 Å². The van der Waals surface area contributed by atoms with E-state index in [1.165, 1.54) is 0 Å². The average Bonchev–Trinajstić information content (AvgIpc) is 3.18. The van der Waals surface area contributed by atoms with Gasteiger partial charge in [-0.15, -0.1) is 0 Å². The summed E-state index contributed by atoms with van der Waals surface area (Å²) in [6.07, 6.45) is 0.278. The monoisotopic (exact) mass is 495 g/mol. The number of carbonyl (C=O) groups excluding carboxylic acids is 1. The second-order valence-electron chi connectivity index (χ2n) is 8.42. The molecule has 0 radical (unpaired) electrons.